The third kappa shape index (κ3) is 4.02. The number of rotatable bonds is 5. The van der Waals surface area contributed by atoms with Crippen LogP contribution in [0.5, 0.6) is 5.75 Å². The van der Waals surface area contributed by atoms with E-state index in [2.05, 4.69) is 5.32 Å². The van der Waals surface area contributed by atoms with E-state index in [9.17, 15) is 13.6 Å². The summed E-state index contributed by atoms with van der Waals surface area (Å²) >= 11 is 0. The molecule has 2 aromatic rings. The van der Waals surface area contributed by atoms with Crippen molar-refractivity contribution in [2.45, 2.75) is 19.4 Å². The Labute approximate surface area is 121 Å². The first-order valence-corrected chi connectivity index (χ1v) is 6.57. The number of benzene rings is 2. The van der Waals surface area contributed by atoms with E-state index in [1.807, 2.05) is 0 Å². The molecule has 0 spiro atoms. The van der Waals surface area contributed by atoms with E-state index in [0.717, 1.165) is 0 Å². The average molecular weight is 291 g/mol. The van der Waals surface area contributed by atoms with Crippen molar-refractivity contribution in [3.63, 3.8) is 0 Å². The smallest absolute Gasteiger partial charge is 0.265 e. The molecule has 1 atom stereocenters. The van der Waals surface area contributed by atoms with Crippen molar-refractivity contribution in [2.24, 2.45) is 0 Å². The number of carbonyl (C=O) groups is 1. The number of nitrogens with one attached hydrogen (secondary N) is 1. The van der Waals surface area contributed by atoms with E-state index in [1.54, 1.807) is 19.1 Å². The largest absolute Gasteiger partial charge is 0.478 e. The van der Waals surface area contributed by atoms with Gasteiger partial charge in [-0.05, 0) is 36.8 Å². The lowest BCUT2D eigenvalue weighted by Gasteiger charge is -2.17. The minimum Gasteiger partial charge on any atom is -0.478 e. The van der Waals surface area contributed by atoms with Gasteiger partial charge in [0.05, 0.1) is 0 Å². The fraction of sp³-hybridized carbons (Fsp3) is 0.188. The van der Waals surface area contributed by atoms with Crippen molar-refractivity contribution in [2.75, 3.05) is 5.32 Å². The summed E-state index contributed by atoms with van der Waals surface area (Å²) in [5, 5.41) is 2.55. The first-order chi connectivity index (χ1) is 10.1. The van der Waals surface area contributed by atoms with Crippen molar-refractivity contribution in [3.8, 4) is 5.75 Å². The van der Waals surface area contributed by atoms with Gasteiger partial charge >= 0.3 is 0 Å². The van der Waals surface area contributed by atoms with Crippen molar-refractivity contribution >= 4 is 11.6 Å². The summed E-state index contributed by atoms with van der Waals surface area (Å²) in [7, 11) is 0. The van der Waals surface area contributed by atoms with Crippen molar-refractivity contribution in [1.82, 2.24) is 0 Å². The molecule has 1 unspecified atom stereocenters. The zero-order chi connectivity index (χ0) is 15.2. The average Bonchev–Trinajstić information content (AvgIpc) is 2.46. The Morgan fingerprint density at radius 2 is 1.95 bits per heavy atom. The molecule has 0 aromatic heterocycles. The van der Waals surface area contributed by atoms with Crippen LogP contribution >= 0.6 is 0 Å². The lowest BCUT2D eigenvalue weighted by Crippen LogP contribution is -2.32. The predicted molar refractivity (Wildman–Crippen MR) is 76.1 cm³/mol. The molecule has 0 heterocycles. The molecule has 1 amide bonds. The highest BCUT2D eigenvalue weighted by molar-refractivity contribution is 5.94. The highest BCUT2D eigenvalue weighted by atomic mass is 19.1. The Morgan fingerprint density at radius 3 is 2.62 bits per heavy atom. The van der Waals surface area contributed by atoms with Gasteiger partial charge in [-0.15, -0.1) is 0 Å². The fourth-order valence-corrected chi connectivity index (χ4v) is 1.80. The molecule has 0 bridgehead atoms. The third-order valence-electron chi connectivity index (χ3n) is 2.86. The molecule has 0 aliphatic rings. The molecule has 0 fully saturated rings. The number of amides is 1. The zero-order valence-electron chi connectivity index (χ0n) is 11.5. The lowest BCUT2D eigenvalue weighted by molar-refractivity contribution is -0.122. The second-order valence-corrected chi connectivity index (χ2v) is 4.44. The molecule has 110 valence electrons. The maximum Gasteiger partial charge on any atom is 0.265 e. The molecule has 0 saturated carbocycles. The topological polar surface area (TPSA) is 38.3 Å². The SMILES string of the molecule is CCC(Oc1ccccc1F)C(=O)Nc1cccc(F)c1. The molecular formula is C16H15F2NO2. The highest BCUT2D eigenvalue weighted by Gasteiger charge is 2.20. The van der Waals surface area contributed by atoms with Crippen LogP contribution in [0.4, 0.5) is 14.5 Å². The van der Waals surface area contributed by atoms with Crippen LogP contribution in [-0.2, 0) is 4.79 Å². The molecule has 1 N–H and O–H groups in total. The molecular weight excluding hydrogens is 276 g/mol. The predicted octanol–water partition coefficient (Wildman–Crippen LogP) is 3.76. The Bertz CT molecular complexity index is 631. The van der Waals surface area contributed by atoms with Gasteiger partial charge in [0.15, 0.2) is 17.7 Å². The lowest BCUT2D eigenvalue weighted by atomic mass is 10.2. The number of para-hydroxylation sites is 1. The van der Waals surface area contributed by atoms with Crippen LogP contribution in [0.3, 0.4) is 0 Å². The van der Waals surface area contributed by atoms with Crippen molar-refractivity contribution < 1.29 is 18.3 Å². The first-order valence-electron chi connectivity index (χ1n) is 6.57. The summed E-state index contributed by atoms with van der Waals surface area (Å²) in [6.45, 7) is 1.75. The van der Waals surface area contributed by atoms with E-state index in [4.69, 9.17) is 4.74 Å². The normalized spacial score (nSPS) is 11.8. The molecule has 5 heteroatoms. The van der Waals surface area contributed by atoms with Gasteiger partial charge in [0.25, 0.3) is 5.91 Å². The summed E-state index contributed by atoms with van der Waals surface area (Å²) in [6, 6.07) is 11.4. The van der Waals surface area contributed by atoms with E-state index < -0.39 is 23.6 Å². The number of anilines is 1. The molecule has 0 saturated heterocycles. The highest BCUT2D eigenvalue weighted by Crippen LogP contribution is 2.19. The summed E-state index contributed by atoms with van der Waals surface area (Å²) in [4.78, 5) is 12.1. The Hall–Kier alpha value is -2.43. The van der Waals surface area contributed by atoms with Gasteiger partial charge < -0.3 is 10.1 Å². The second kappa shape index (κ2) is 6.83. The van der Waals surface area contributed by atoms with Crippen LogP contribution in [0.15, 0.2) is 48.5 Å². The van der Waals surface area contributed by atoms with Crippen LogP contribution in [0.25, 0.3) is 0 Å². The maximum atomic E-state index is 13.5. The van der Waals surface area contributed by atoms with E-state index in [0.29, 0.717) is 12.1 Å². The summed E-state index contributed by atoms with van der Waals surface area (Å²) in [6.07, 6.45) is -0.500. The van der Waals surface area contributed by atoms with E-state index >= 15 is 0 Å². The molecule has 2 rings (SSSR count). The van der Waals surface area contributed by atoms with Gasteiger partial charge in [-0.1, -0.05) is 25.1 Å². The van der Waals surface area contributed by atoms with Crippen LogP contribution in [0, 0.1) is 11.6 Å². The van der Waals surface area contributed by atoms with Crippen LogP contribution < -0.4 is 10.1 Å². The summed E-state index contributed by atoms with van der Waals surface area (Å²) < 4.78 is 32.0. The number of hydrogen-bond donors (Lipinski definition) is 1. The zero-order valence-corrected chi connectivity index (χ0v) is 11.5. The molecule has 0 aliphatic heterocycles. The van der Waals surface area contributed by atoms with Crippen molar-refractivity contribution in [1.29, 1.82) is 0 Å². The van der Waals surface area contributed by atoms with Crippen LogP contribution in [0.2, 0.25) is 0 Å². The van der Waals surface area contributed by atoms with Gasteiger partial charge in [-0.3, -0.25) is 4.79 Å². The van der Waals surface area contributed by atoms with E-state index in [-0.39, 0.29) is 5.75 Å². The number of halogens is 2. The summed E-state index contributed by atoms with van der Waals surface area (Å²) in [5.74, 6) is -1.42. The Balaban J connectivity index is 2.07. The molecule has 0 radical (unpaired) electrons. The van der Waals surface area contributed by atoms with Crippen LogP contribution in [-0.4, -0.2) is 12.0 Å². The first kappa shape index (κ1) is 15.0. The number of ether oxygens (including phenoxy) is 1. The number of carbonyl (C=O) groups excluding carboxylic acids is 1. The standard InChI is InChI=1S/C16H15F2NO2/c1-2-14(21-15-9-4-3-8-13(15)18)16(20)19-12-7-5-6-11(17)10-12/h3-10,14H,2H2,1H3,(H,19,20). The Morgan fingerprint density at radius 1 is 1.19 bits per heavy atom. The van der Waals surface area contributed by atoms with Crippen LogP contribution in [0.1, 0.15) is 13.3 Å². The third-order valence-corrected chi connectivity index (χ3v) is 2.86. The minimum absolute atomic E-state index is 0.0127. The molecule has 0 aliphatic carbocycles. The minimum atomic E-state index is -0.856. The number of hydrogen-bond acceptors (Lipinski definition) is 2. The Kier molecular flexibility index (Phi) is 4.87. The van der Waals surface area contributed by atoms with E-state index in [1.165, 1.54) is 36.4 Å². The van der Waals surface area contributed by atoms with Gasteiger partial charge in [-0.25, -0.2) is 8.78 Å². The monoisotopic (exact) mass is 291 g/mol. The van der Waals surface area contributed by atoms with Crippen molar-refractivity contribution in [3.05, 3.63) is 60.2 Å². The van der Waals surface area contributed by atoms with Gasteiger partial charge in [0, 0.05) is 5.69 Å². The van der Waals surface area contributed by atoms with Gasteiger partial charge in [-0.2, -0.15) is 0 Å². The van der Waals surface area contributed by atoms with Gasteiger partial charge in [0.2, 0.25) is 0 Å². The molecule has 21 heavy (non-hydrogen) atoms. The molecule has 3 nitrogen and oxygen atoms in total. The summed E-state index contributed by atoms with van der Waals surface area (Å²) in [5.41, 5.74) is 0.329. The molecule has 2 aromatic carbocycles. The fourth-order valence-electron chi connectivity index (χ4n) is 1.80. The quantitative estimate of drug-likeness (QED) is 0.911. The second-order valence-electron chi connectivity index (χ2n) is 4.44. The maximum absolute atomic E-state index is 13.5. The van der Waals surface area contributed by atoms with Gasteiger partial charge in [0.1, 0.15) is 5.82 Å².